The van der Waals surface area contributed by atoms with Gasteiger partial charge in [-0.2, -0.15) is 0 Å². The summed E-state index contributed by atoms with van der Waals surface area (Å²) in [5, 5.41) is 0. The minimum absolute atomic E-state index is 0. The molecule has 0 saturated carbocycles. The second-order valence-corrected chi connectivity index (χ2v) is 0. The summed E-state index contributed by atoms with van der Waals surface area (Å²) in [5.41, 5.74) is 0. The average molecular weight is 253 g/mol. The van der Waals surface area contributed by atoms with Crippen molar-refractivity contribution in [1.29, 1.82) is 0 Å². The van der Waals surface area contributed by atoms with E-state index in [1.807, 2.05) is 0 Å². The predicted octanol–water partition coefficient (Wildman–Crippen LogP) is -19.5. The second kappa shape index (κ2) is 2570. The van der Waals surface area contributed by atoms with E-state index in [0.29, 0.717) is 0 Å². The van der Waals surface area contributed by atoms with Gasteiger partial charge in [0.2, 0.25) is 0 Å². The van der Waals surface area contributed by atoms with Crippen molar-refractivity contribution >= 4 is 23.9 Å². The Kier molecular flexibility index (Phi) is 1260000. The van der Waals surface area contributed by atoms with E-state index in [9.17, 15) is 0 Å². The van der Waals surface area contributed by atoms with Crippen molar-refractivity contribution in [1.82, 2.24) is 0 Å². The average Bonchev–Trinajstić information content (AvgIpc) is 0. The first-order valence-corrected chi connectivity index (χ1v) is 0. The SMILES string of the molecule is [F-].[F-].[F-].[F-].[F-].[F-].[OH4+2].[Sn+4]. The maximum atomic E-state index is 0. The van der Waals surface area contributed by atoms with E-state index in [2.05, 4.69) is 0 Å². The molecule has 0 aromatic carbocycles. The van der Waals surface area contributed by atoms with Gasteiger partial charge in [-0.3, -0.25) is 0 Å². The maximum Gasteiger partial charge on any atom is 4.00 e. The van der Waals surface area contributed by atoms with Gasteiger partial charge in [0.1, 0.15) is 0 Å². The first-order chi connectivity index (χ1) is 0. The number of hydrogen-bond acceptors (Lipinski definition) is 0. The molecule has 0 aromatic heterocycles. The topological polar surface area (TPSA) is 34.5 Å². The van der Waals surface area contributed by atoms with Gasteiger partial charge >= 0.3 is 23.9 Å². The third-order valence-corrected chi connectivity index (χ3v) is 0. The summed E-state index contributed by atoms with van der Waals surface area (Å²) >= 11 is 0. The molecule has 4 N–H and O–H groups in total. The van der Waals surface area contributed by atoms with Crippen LogP contribution in [0.25, 0.3) is 0 Å². The Morgan fingerprint density at radius 2 is 0.375 bits per heavy atom. The van der Waals surface area contributed by atoms with Gasteiger partial charge < -0.3 is 33.7 Å². The summed E-state index contributed by atoms with van der Waals surface area (Å²) in [6, 6.07) is 0. The van der Waals surface area contributed by atoms with Crippen LogP contribution >= 0.6 is 0 Å². The van der Waals surface area contributed by atoms with E-state index in [1.54, 1.807) is 0 Å². The number of halogens is 6. The smallest absolute Gasteiger partial charge is 1.00 e. The van der Waals surface area contributed by atoms with Crippen LogP contribution in [-0.4, -0.2) is 23.9 Å². The number of rotatable bonds is 0. The van der Waals surface area contributed by atoms with Crippen LogP contribution in [0.15, 0.2) is 0 Å². The van der Waals surface area contributed by atoms with Crippen molar-refractivity contribution in [2.75, 3.05) is 0 Å². The summed E-state index contributed by atoms with van der Waals surface area (Å²) in [4.78, 5) is 0. The minimum atomic E-state index is 0. The molecule has 0 heterocycles. The van der Waals surface area contributed by atoms with E-state index in [0.717, 1.165) is 0 Å². The molecule has 0 bridgehead atoms. The second-order valence-electron chi connectivity index (χ2n) is 0. The molecule has 8 heavy (non-hydrogen) atoms. The molecule has 0 unspecified atom stereocenters. The van der Waals surface area contributed by atoms with E-state index in [1.165, 1.54) is 0 Å². The Balaban J connectivity index is 0. The van der Waals surface area contributed by atoms with Crippen LogP contribution in [-0.2, 0) is 5.48 Å². The van der Waals surface area contributed by atoms with Gasteiger partial charge in [-0.1, -0.05) is 0 Å². The fourth-order valence-corrected chi connectivity index (χ4v) is 0. The van der Waals surface area contributed by atoms with Gasteiger partial charge in [0.15, 0.2) is 0 Å². The zero-order valence-electron chi connectivity index (χ0n) is 3.47. The Labute approximate surface area is 58.3 Å². The fraction of sp³-hybridized carbons (Fsp3) is 0. The summed E-state index contributed by atoms with van der Waals surface area (Å²) in [5.74, 6) is 0. The van der Waals surface area contributed by atoms with Crippen molar-refractivity contribution in [2.24, 2.45) is 0 Å². The molecular formula is H4F6OSn. The third-order valence-electron chi connectivity index (χ3n) is 0. The zero-order valence-corrected chi connectivity index (χ0v) is 6.33. The number of hydrogen-bond donors (Lipinski definition) is 0. The van der Waals surface area contributed by atoms with Crippen molar-refractivity contribution in [2.45, 2.75) is 0 Å². The maximum absolute atomic E-state index is 0. The molecule has 0 atom stereocenters. The standard InChI is InChI=1S/6FH.H4O.Sn/h6*1H;1H4;/q;;;;;;+2;+4/p-6. The summed E-state index contributed by atoms with van der Waals surface area (Å²) in [6.45, 7) is 0. The van der Waals surface area contributed by atoms with Crippen LogP contribution in [0.5, 0.6) is 0 Å². The van der Waals surface area contributed by atoms with Crippen LogP contribution < -0.4 is 28.2 Å². The van der Waals surface area contributed by atoms with E-state index in [4.69, 9.17) is 0 Å². The van der Waals surface area contributed by atoms with E-state index in [-0.39, 0.29) is 57.6 Å². The van der Waals surface area contributed by atoms with Crippen molar-refractivity contribution in [3.63, 3.8) is 0 Å². The Hall–Kier alpha value is 0.339. The molecule has 56 valence electrons. The van der Waals surface area contributed by atoms with Crippen molar-refractivity contribution in [3.8, 4) is 0 Å². The largest absolute Gasteiger partial charge is 4.00 e. The molecule has 0 spiro atoms. The van der Waals surface area contributed by atoms with Crippen LogP contribution in [0, 0.1) is 0 Å². The van der Waals surface area contributed by atoms with Gasteiger partial charge in [-0.05, 0) is 0 Å². The fourth-order valence-electron chi connectivity index (χ4n) is 0. The molecule has 0 aromatic rings. The monoisotopic (exact) mass is 254 g/mol. The van der Waals surface area contributed by atoms with Gasteiger partial charge in [-0.15, -0.1) is 0 Å². The van der Waals surface area contributed by atoms with Crippen LogP contribution in [0.3, 0.4) is 0 Å². The first-order valence-electron chi connectivity index (χ1n) is 0. The Morgan fingerprint density at radius 1 is 0.375 bits per heavy atom. The molecule has 0 aliphatic rings. The quantitative estimate of drug-likeness (QED) is 0.303. The van der Waals surface area contributed by atoms with Gasteiger partial charge in [0, 0.05) is 0 Å². The van der Waals surface area contributed by atoms with Crippen LogP contribution in [0.4, 0.5) is 0 Å². The molecule has 8 heteroatoms. The third kappa shape index (κ3) is 1570. The molecule has 0 fully saturated rings. The van der Waals surface area contributed by atoms with E-state index >= 15 is 0 Å². The van der Waals surface area contributed by atoms with Gasteiger partial charge in [0.05, 0.1) is 0 Å². The molecular weight excluding hydrogens is 249 g/mol. The van der Waals surface area contributed by atoms with Crippen LogP contribution in [0.2, 0.25) is 0 Å². The molecule has 0 amide bonds. The predicted molar refractivity (Wildman–Crippen MR) is 12.0 cm³/mol. The van der Waals surface area contributed by atoms with Gasteiger partial charge in [0.25, 0.3) is 0 Å². The summed E-state index contributed by atoms with van der Waals surface area (Å²) < 4.78 is 0. The van der Waals surface area contributed by atoms with Crippen LogP contribution in [0.1, 0.15) is 0 Å². The van der Waals surface area contributed by atoms with Crippen molar-refractivity contribution in [3.05, 3.63) is 0 Å². The zero-order chi connectivity index (χ0) is 0. The molecule has 0 aliphatic carbocycles. The summed E-state index contributed by atoms with van der Waals surface area (Å²) in [6.07, 6.45) is 0. The van der Waals surface area contributed by atoms with Crippen molar-refractivity contribution < 1.29 is 33.7 Å². The first kappa shape index (κ1) is 3910. The Bertz CT molecular complexity index is 8.49. The molecule has 0 saturated heterocycles. The summed E-state index contributed by atoms with van der Waals surface area (Å²) in [7, 11) is 0. The molecule has 0 rings (SSSR count). The molecule has 1 nitrogen and oxygen atoms in total. The van der Waals surface area contributed by atoms with Gasteiger partial charge in [-0.25, -0.2) is 0 Å². The molecule has 0 aliphatic heterocycles. The minimum Gasteiger partial charge on any atom is -1.00 e. The molecule has 0 radical (unpaired) electrons. The Morgan fingerprint density at radius 3 is 0.375 bits per heavy atom. The van der Waals surface area contributed by atoms with E-state index < -0.39 is 0 Å². The normalized spacial score (nSPS) is 0.